The SMILES string of the molecule is CN=C(NCc1ccc(CN2CCCC2)cc1)NCc1nncn1C. The van der Waals surface area contributed by atoms with E-state index in [1.807, 2.05) is 11.6 Å². The smallest absolute Gasteiger partial charge is 0.191 e. The lowest BCUT2D eigenvalue weighted by Gasteiger charge is -2.15. The van der Waals surface area contributed by atoms with Gasteiger partial charge in [0, 0.05) is 27.2 Å². The van der Waals surface area contributed by atoms with Gasteiger partial charge in [0.2, 0.25) is 0 Å². The highest BCUT2D eigenvalue weighted by molar-refractivity contribution is 5.79. The Labute approximate surface area is 149 Å². The maximum atomic E-state index is 4.25. The van der Waals surface area contributed by atoms with Gasteiger partial charge >= 0.3 is 0 Å². The molecular weight excluding hydrogens is 314 g/mol. The van der Waals surface area contributed by atoms with Crippen LogP contribution in [0.1, 0.15) is 29.8 Å². The molecule has 0 spiro atoms. The summed E-state index contributed by atoms with van der Waals surface area (Å²) in [6, 6.07) is 8.83. The average molecular weight is 341 g/mol. The first-order valence-electron chi connectivity index (χ1n) is 8.82. The Balaban J connectivity index is 1.45. The molecule has 0 saturated carbocycles. The van der Waals surface area contributed by atoms with Crippen LogP contribution in [0, 0.1) is 0 Å². The average Bonchev–Trinajstić information content (AvgIpc) is 3.28. The minimum Gasteiger partial charge on any atom is -0.352 e. The van der Waals surface area contributed by atoms with Gasteiger partial charge in [0.05, 0.1) is 6.54 Å². The molecule has 0 bridgehead atoms. The minimum atomic E-state index is 0.588. The van der Waals surface area contributed by atoms with Crippen LogP contribution in [0.25, 0.3) is 0 Å². The molecule has 0 amide bonds. The molecule has 1 saturated heterocycles. The van der Waals surface area contributed by atoms with Crippen LogP contribution in [0.15, 0.2) is 35.6 Å². The van der Waals surface area contributed by atoms with Crippen LogP contribution in [-0.2, 0) is 26.7 Å². The Morgan fingerprint density at radius 1 is 1.08 bits per heavy atom. The number of hydrogen-bond donors (Lipinski definition) is 2. The molecule has 0 unspecified atom stereocenters. The van der Waals surface area contributed by atoms with Crippen molar-refractivity contribution in [3.8, 4) is 0 Å². The van der Waals surface area contributed by atoms with Crippen molar-refractivity contribution in [2.24, 2.45) is 12.0 Å². The lowest BCUT2D eigenvalue weighted by Crippen LogP contribution is -2.36. The second-order valence-corrected chi connectivity index (χ2v) is 6.44. The number of aryl methyl sites for hydroxylation is 1. The summed E-state index contributed by atoms with van der Waals surface area (Å²) in [5.74, 6) is 1.62. The predicted molar refractivity (Wildman–Crippen MR) is 99.0 cm³/mol. The fraction of sp³-hybridized carbons (Fsp3) is 0.500. The summed E-state index contributed by atoms with van der Waals surface area (Å²) in [5, 5.41) is 14.5. The van der Waals surface area contributed by atoms with E-state index in [2.05, 4.69) is 55.0 Å². The van der Waals surface area contributed by atoms with Crippen molar-refractivity contribution in [2.75, 3.05) is 20.1 Å². The highest BCUT2D eigenvalue weighted by Crippen LogP contribution is 2.13. The standard InChI is InChI=1S/C18H27N7/c1-19-18(21-12-17-23-22-14-24(17)2)20-11-15-5-7-16(8-6-15)13-25-9-3-4-10-25/h5-8,14H,3-4,9-13H2,1-2H3,(H2,19,20,21). The van der Waals surface area contributed by atoms with E-state index in [9.17, 15) is 0 Å². The van der Waals surface area contributed by atoms with Gasteiger partial charge in [-0.3, -0.25) is 9.89 Å². The zero-order valence-corrected chi connectivity index (χ0v) is 15.1. The van der Waals surface area contributed by atoms with E-state index in [4.69, 9.17) is 0 Å². The fourth-order valence-corrected chi connectivity index (χ4v) is 3.00. The van der Waals surface area contributed by atoms with Gasteiger partial charge in [-0.25, -0.2) is 0 Å². The monoisotopic (exact) mass is 341 g/mol. The Hall–Kier alpha value is -2.41. The van der Waals surface area contributed by atoms with Crippen molar-refractivity contribution in [1.29, 1.82) is 0 Å². The first-order chi connectivity index (χ1) is 12.2. The van der Waals surface area contributed by atoms with Gasteiger partial charge in [0.1, 0.15) is 6.33 Å². The van der Waals surface area contributed by atoms with Crippen LogP contribution >= 0.6 is 0 Å². The van der Waals surface area contributed by atoms with Crippen LogP contribution in [0.4, 0.5) is 0 Å². The summed E-state index contributed by atoms with van der Waals surface area (Å²) in [6.45, 7) is 4.86. The van der Waals surface area contributed by atoms with Crippen molar-refractivity contribution in [3.63, 3.8) is 0 Å². The number of rotatable bonds is 6. The van der Waals surface area contributed by atoms with Gasteiger partial charge in [-0.2, -0.15) is 0 Å². The number of hydrogen-bond acceptors (Lipinski definition) is 4. The summed E-state index contributed by atoms with van der Waals surface area (Å²) >= 11 is 0. The molecule has 7 heteroatoms. The molecule has 2 N–H and O–H groups in total. The summed E-state index contributed by atoms with van der Waals surface area (Å²) in [7, 11) is 3.70. The third-order valence-electron chi connectivity index (χ3n) is 4.53. The molecule has 1 aliphatic heterocycles. The first kappa shape index (κ1) is 17.4. The maximum absolute atomic E-state index is 4.25. The van der Waals surface area contributed by atoms with Crippen LogP contribution in [-0.4, -0.2) is 45.8 Å². The molecule has 1 fully saturated rings. The van der Waals surface area contributed by atoms with Crippen molar-refractivity contribution in [3.05, 3.63) is 47.5 Å². The zero-order chi connectivity index (χ0) is 17.5. The summed E-state index contributed by atoms with van der Waals surface area (Å²) in [4.78, 5) is 6.77. The Morgan fingerprint density at radius 2 is 1.76 bits per heavy atom. The lowest BCUT2D eigenvalue weighted by atomic mass is 10.1. The molecule has 25 heavy (non-hydrogen) atoms. The van der Waals surface area contributed by atoms with E-state index in [1.165, 1.54) is 37.1 Å². The summed E-state index contributed by atoms with van der Waals surface area (Å²) in [5.41, 5.74) is 2.63. The molecular formula is C18H27N7. The highest BCUT2D eigenvalue weighted by Gasteiger charge is 2.11. The molecule has 1 aliphatic rings. The Bertz CT molecular complexity index is 684. The second-order valence-electron chi connectivity index (χ2n) is 6.44. The van der Waals surface area contributed by atoms with Crippen LogP contribution < -0.4 is 10.6 Å². The number of benzene rings is 1. The summed E-state index contributed by atoms with van der Waals surface area (Å²) in [6.07, 6.45) is 4.36. The number of guanidine groups is 1. The lowest BCUT2D eigenvalue weighted by molar-refractivity contribution is 0.331. The number of aliphatic imine (C=N–C) groups is 1. The van der Waals surface area contributed by atoms with Gasteiger partial charge in [-0.1, -0.05) is 24.3 Å². The highest BCUT2D eigenvalue weighted by atomic mass is 15.3. The van der Waals surface area contributed by atoms with E-state index in [1.54, 1.807) is 13.4 Å². The number of nitrogens with one attached hydrogen (secondary N) is 2. The first-order valence-corrected chi connectivity index (χ1v) is 8.82. The minimum absolute atomic E-state index is 0.588. The largest absolute Gasteiger partial charge is 0.352 e. The van der Waals surface area contributed by atoms with Gasteiger partial charge in [-0.05, 0) is 37.1 Å². The normalized spacial score (nSPS) is 15.5. The number of likely N-dealkylation sites (tertiary alicyclic amines) is 1. The quantitative estimate of drug-likeness (QED) is 0.612. The third-order valence-corrected chi connectivity index (χ3v) is 4.53. The van der Waals surface area contributed by atoms with E-state index in [0.717, 1.165) is 24.9 Å². The van der Waals surface area contributed by atoms with Crippen LogP contribution in [0.5, 0.6) is 0 Å². The van der Waals surface area contributed by atoms with Crippen LogP contribution in [0.3, 0.4) is 0 Å². The van der Waals surface area contributed by atoms with Gasteiger partial charge in [-0.15, -0.1) is 10.2 Å². The van der Waals surface area contributed by atoms with Gasteiger partial charge < -0.3 is 15.2 Å². The molecule has 0 radical (unpaired) electrons. The molecule has 2 aromatic rings. The fourth-order valence-electron chi connectivity index (χ4n) is 3.00. The summed E-state index contributed by atoms with van der Waals surface area (Å²) < 4.78 is 1.89. The Morgan fingerprint density at radius 3 is 2.40 bits per heavy atom. The molecule has 1 aromatic heterocycles. The van der Waals surface area contributed by atoms with Gasteiger partial charge in [0.25, 0.3) is 0 Å². The molecule has 2 heterocycles. The molecule has 0 aliphatic carbocycles. The number of aromatic nitrogens is 3. The molecule has 3 rings (SSSR count). The maximum Gasteiger partial charge on any atom is 0.191 e. The van der Waals surface area contributed by atoms with E-state index in [0.29, 0.717) is 6.54 Å². The van der Waals surface area contributed by atoms with E-state index < -0.39 is 0 Å². The van der Waals surface area contributed by atoms with E-state index in [-0.39, 0.29) is 0 Å². The van der Waals surface area contributed by atoms with Crippen molar-refractivity contribution >= 4 is 5.96 Å². The number of nitrogens with zero attached hydrogens (tertiary/aromatic N) is 5. The van der Waals surface area contributed by atoms with Crippen molar-refractivity contribution < 1.29 is 0 Å². The van der Waals surface area contributed by atoms with Crippen LogP contribution in [0.2, 0.25) is 0 Å². The topological polar surface area (TPSA) is 70.4 Å². The Kier molecular flexibility index (Phi) is 6.00. The van der Waals surface area contributed by atoms with E-state index >= 15 is 0 Å². The zero-order valence-electron chi connectivity index (χ0n) is 15.1. The predicted octanol–water partition coefficient (Wildman–Crippen LogP) is 1.28. The second kappa shape index (κ2) is 8.62. The molecule has 1 aromatic carbocycles. The van der Waals surface area contributed by atoms with Gasteiger partial charge in [0.15, 0.2) is 11.8 Å². The third kappa shape index (κ3) is 5.03. The molecule has 7 nitrogen and oxygen atoms in total. The molecule has 134 valence electrons. The van der Waals surface area contributed by atoms with Crippen molar-refractivity contribution in [1.82, 2.24) is 30.3 Å². The molecule has 0 atom stereocenters. The van der Waals surface area contributed by atoms with Crippen molar-refractivity contribution in [2.45, 2.75) is 32.5 Å².